The van der Waals surface area contributed by atoms with Crippen LogP contribution in [0.2, 0.25) is 0 Å². The maximum atomic E-state index is 13.7. The minimum Gasteiger partial charge on any atom is -0.378 e. The van der Waals surface area contributed by atoms with Crippen LogP contribution < -0.4 is 0 Å². The number of hydrogen-bond acceptors (Lipinski definition) is 7. The Morgan fingerprint density at radius 2 is 1.88 bits per heavy atom. The maximum absolute atomic E-state index is 13.7. The third-order valence-electron chi connectivity index (χ3n) is 8.49. The molecule has 0 saturated carbocycles. The van der Waals surface area contributed by atoms with Crippen LogP contribution in [0, 0.1) is 0 Å². The first-order chi connectivity index (χ1) is 19.2. The minimum atomic E-state index is -3.67. The standard InChI is InChI=1S/C28H37F2N5O4S/c1-2-5-20-6-3-8-22-25-23(17-40(37,38)26(20)22)24(27(36)34-12-14-39-15-13-34)31-35(25)21-7-4-9-32(16-21)10-11-33-18-28(29,30)19-33/h3,6,8,21H,2,4-5,7,9-19H2,1H3/t21-/m0/s1. The molecule has 1 aromatic heterocycles. The summed E-state index contributed by atoms with van der Waals surface area (Å²) in [6, 6.07) is 5.56. The highest BCUT2D eigenvalue weighted by atomic mass is 32.2. The maximum Gasteiger partial charge on any atom is 0.274 e. The Hall–Kier alpha value is -2.41. The van der Waals surface area contributed by atoms with Crippen molar-refractivity contribution in [3.05, 3.63) is 35.0 Å². The smallest absolute Gasteiger partial charge is 0.274 e. The van der Waals surface area contributed by atoms with Crippen LogP contribution in [0.4, 0.5) is 8.78 Å². The van der Waals surface area contributed by atoms with E-state index in [0.29, 0.717) is 68.4 Å². The van der Waals surface area contributed by atoms with Gasteiger partial charge in [-0.3, -0.25) is 19.3 Å². The molecule has 6 rings (SSSR count). The predicted octanol–water partition coefficient (Wildman–Crippen LogP) is 2.85. The number of piperidine rings is 1. The molecule has 5 heterocycles. The molecule has 218 valence electrons. The van der Waals surface area contributed by atoms with Gasteiger partial charge < -0.3 is 9.64 Å². The summed E-state index contributed by atoms with van der Waals surface area (Å²) in [4.78, 5) is 19.8. The largest absolute Gasteiger partial charge is 0.378 e. The Morgan fingerprint density at radius 1 is 1.12 bits per heavy atom. The van der Waals surface area contributed by atoms with Gasteiger partial charge in [0.05, 0.1) is 48.7 Å². The average Bonchev–Trinajstić information content (AvgIpc) is 3.29. The molecule has 40 heavy (non-hydrogen) atoms. The molecule has 0 aliphatic carbocycles. The van der Waals surface area contributed by atoms with E-state index in [1.807, 2.05) is 29.8 Å². The number of likely N-dealkylation sites (tertiary alicyclic amines) is 2. The minimum absolute atomic E-state index is 0.0601. The zero-order chi connectivity index (χ0) is 28.1. The summed E-state index contributed by atoms with van der Waals surface area (Å²) in [5.74, 6) is -3.08. The van der Waals surface area contributed by atoms with E-state index >= 15 is 0 Å². The fraction of sp³-hybridized carbons (Fsp3) is 0.643. The molecule has 1 aromatic carbocycles. The molecular weight excluding hydrogens is 540 g/mol. The Morgan fingerprint density at radius 3 is 2.60 bits per heavy atom. The quantitative estimate of drug-likeness (QED) is 0.500. The van der Waals surface area contributed by atoms with Gasteiger partial charge >= 0.3 is 0 Å². The highest BCUT2D eigenvalue weighted by Crippen LogP contribution is 2.43. The summed E-state index contributed by atoms with van der Waals surface area (Å²) in [6.07, 6.45) is 3.22. The lowest BCUT2D eigenvalue weighted by Crippen LogP contribution is -2.57. The highest BCUT2D eigenvalue weighted by molar-refractivity contribution is 7.91. The van der Waals surface area contributed by atoms with Crippen LogP contribution in [-0.2, 0) is 26.7 Å². The van der Waals surface area contributed by atoms with E-state index in [4.69, 9.17) is 9.84 Å². The van der Waals surface area contributed by atoms with Gasteiger partial charge in [0.15, 0.2) is 15.5 Å². The van der Waals surface area contributed by atoms with Crippen LogP contribution in [0.15, 0.2) is 23.1 Å². The van der Waals surface area contributed by atoms with Gasteiger partial charge in [-0.25, -0.2) is 17.2 Å². The molecule has 12 heteroatoms. The van der Waals surface area contributed by atoms with Gasteiger partial charge in [0.1, 0.15) is 0 Å². The molecule has 2 aromatic rings. The number of ether oxygens (including phenoxy) is 1. The second-order valence-corrected chi connectivity index (χ2v) is 13.4. The first kappa shape index (κ1) is 27.7. The number of aryl methyl sites for hydroxylation is 1. The molecule has 3 fully saturated rings. The first-order valence-corrected chi connectivity index (χ1v) is 16.0. The lowest BCUT2D eigenvalue weighted by molar-refractivity contribution is -0.131. The predicted molar refractivity (Wildman–Crippen MR) is 145 cm³/mol. The van der Waals surface area contributed by atoms with Gasteiger partial charge in [-0.15, -0.1) is 0 Å². The number of sulfone groups is 1. The Labute approximate surface area is 234 Å². The fourth-order valence-electron chi connectivity index (χ4n) is 6.59. The molecule has 0 spiro atoms. The molecule has 4 aliphatic heterocycles. The number of alkyl halides is 2. The molecule has 0 unspecified atom stereocenters. The highest BCUT2D eigenvalue weighted by Gasteiger charge is 2.44. The van der Waals surface area contributed by atoms with E-state index in [2.05, 4.69) is 4.90 Å². The average molecular weight is 578 g/mol. The first-order valence-electron chi connectivity index (χ1n) is 14.3. The van der Waals surface area contributed by atoms with E-state index in [9.17, 15) is 22.0 Å². The zero-order valence-corrected chi connectivity index (χ0v) is 23.8. The summed E-state index contributed by atoms with van der Waals surface area (Å²) in [5.41, 5.74) is 2.86. The Kier molecular flexibility index (Phi) is 7.47. The van der Waals surface area contributed by atoms with Crippen LogP contribution in [0.5, 0.6) is 0 Å². The molecule has 0 bridgehead atoms. The third kappa shape index (κ3) is 5.19. The molecule has 3 saturated heterocycles. The van der Waals surface area contributed by atoms with Crippen LogP contribution in [-0.4, -0.2) is 110 Å². The van der Waals surface area contributed by atoms with Crippen molar-refractivity contribution >= 4 is 15.7 Å². The van der Waals surface area contributed by atoms with Crippen LogP contribution in [0.3, 0.4) is 0 Å². The van der Waals surface area contributed by atoms with Crippen LogP contribution in [0.1, 0.15) is 53.8 Å². The van der Waals surface area contributed by atoms with Crippen molar-refractivity contribution < 1.29 is 26.7 Å². The summed E-state index contributed by atoms with van der Waals surface area (Å²) >= 11 is 0. The second kappa shape index (κ2) is 10.8. The summed E-state index contributed by atoms with van der Waals surface area (Å²) in [7, 11) is -3.67. The molecule has 4 aliphatic rings. The summed E-state index contributed by atoms with van der Waals surface area (Å²) in [5, 5.41) is 4.89. The number of rotatable bonds is 7. The summed E-state index contributed by atoms with van der Waals surface area (Å²) < 4.78 is 61.3. The molecule has 0 N–H and O–H groups in total. The number of carbonyl (C=O) groups excluding carboxylic acids is 1. The number of carbonyl (C=O) groups is 1. The number of morpholine rings is 1. The Bertz CT molecular complexity index is 1380. The molecule has 0 radical (unpaired) electrons. The number of aromatic nitrogens is 2. The summed E-state index contributed by atoms with van der Waals surface area (Å²) in [6.45, 7) is 6.23. The van der Waals surface area contributed by atoms with Gasteiger partial charge in [-0.1, -0.05) is 31.5 Å². The Balaban J connectivity index is 1.37. The van der Waals surface area contributed by atoms with E-state index in [0.717, 1.165) is 37.1 Å². The zero-order valence-electron chi connectivity index (χ0n) is 22.9. The normalized spacial score (nSPS) is 24.3. The van der Waals surface area contributed by atoms with E-state index in [1.54, 1.807) is 9.80 Å². The van der Waals surface area contributed by atoms with Gasteiger partial charge in [-0.2, -0.15) is 5.10 Å². The SMILES string of the molecule is CCCc1cccc2c1S(=O)(=O)Cc1c(C(=O)N3CCOCC3)nn([C@H]3CCCN(CCN4CC(F)(F)C4)C3)c1-2. The van der Waals surface area contributed by atoms with Crippen molar-refractivity contribution in [2.24, 2.45) is 0 Å². The van der Waals surface area contributed by atoms with Crippen LogP contribution >= 0.6 is 0 Å². The third-order valence-corrected chi connectivity index (χ3v) is 10.3. The van der Waals surface area contributed by atoms with Crippen molar-refractivity contribution in [1.82, 2.24) is 24.5 Å². The number of fused-ring (bicyclic) bond motifs is 3. The monoisotopic (exact) mass is 577 g/mol. The molecular formula is C28H37F2N5O4S. The van der Waals surface area contributed by atoms with E-state index < -0.39 is 15.8 Å². The van der Waals surface area contributed by atoms with Crippen molar-refractivity contribution in [1.29, 1.82) is 0 Å². The van der Waals surface area contributed by atoms with Crippen molar-refractivity contribution in [3.63, 3.8) is 0 Å². The molecule has 9 nitrogen and oxygen atoms in total. The van der Waals surface area contributed by atoms with Gasteiger partial charge in [0, 0.05) is 43.9 Å². The number of amides is 1. The van der Waals surface area contributed by atoms with E-state index in [1.165, 1.54) is 0 Å². The van der Waals surface area contributed by atoms with Crippen molar-refractivity contribution in [2.75, 3.05) is 65.6 Å². The number of nitrogens with zero attached hydrogens (tertiary/aromatic N) is 5. The van der Waals surface area contributed by atoms with Gasteiger partial charge in [0.2, 0.25) is 0 Å². The number of halogens is 2. The van der Waals surface area contributed by atoms with Crippen LogP contribution in [0.25, 0.3) is 11.3 Å². The number of hydrogen-bond donors (Lipinski definition) is 0. The van der Waals surface area contributed by atoms with Crippen molar-refractivity contribution in [3.8, 4) is 11.3 Å². The van der Waals surface area contributed by atoms with Crippen molar-refractivity contribution in [2.45, 2.75) is 55.2 Å². The van der Waals surface area contributed by atoms with E-state index in [-0.39, 0.29) is 36.5 Å². The molecule has 1 amide bonds. The lowest BCUT2D eigenvalue weighted by Gasteiger charge is -2.41. The topological polar surface area (TPSA) is 88.0 Å². The lowest BCUT2D eigenvalue weighted by atomic mass is 9.99. The molecule has 1 atom stereocenters. The number of benzene rings is 1. The van der Waals surface area contributed by atoms with Gasteiger partial charge in [0.25, 0.3) is 11.8 Å². The second-order valence-electron chi connectivity index (χ2n) is 11.5. The van der Waals surface area contributed by atoms with Gasteiger partial charge in [-0.05, 0) is 31.4 Å². The fourth-order valence-corrected chi connectivity index (χ4v) is 8.46.